The fraction of sp³-hybridized carbons (Fsp3) is 0.312. The molecule has 1 heterocycles. The van der Waals surface area contributed by atoms with Gasteiger partial charge in [-0.3, -0.25) is 0 Å². The highest BCUT2D eigenvalue weighted by atomic mass is 32.2. The van der Waals surface area contributed by atoms with Gasteiger partial charge in [0.25, 0.3) is 0 Å². The maximum absolute atomic E-state index is 12.6. The van der Waals surface area contributed by atoms with E-state index >= 15 is 0 Å². The van der Waals surface area contributed by atoms with Crippen LogP contribution in [0, 0.1) is 6.92 Å². The highest BCUT2D eigenvalue weighted by Gasteiger charge is 2.27. The van der Waals surface area contributed by atoms with Gasteiger partial charge >= 0.3 is 5.97 Å². The van der Waals surface area contributed by atoms with Gasteiger partial charge in [-0.15, -0.1) is 11.3 Å². The number of ether oxygens (including phenoxy) is 1. The van der Waals surface area contributed by atoms with Crippen LogP contribution in [-0.2, 0) is 21.3 Å². The van der Waals surface area contributed by atoms with Crippen LogP contribution in [0.4, 0.5) is 0 Å². The summed E-state index contributed by atoms with van der Waals surface area (Å²) in [6.07, 6.45) is 0. The topological polar surface area (TPSA) is 98.5 Å². The monoisotopic (exact) mass is 368 g/mol. The lowest BCUT2D eigenvalue weighted by molar-refractivity contribution is 0.0602. The highest BCUT2D eigenvalue weighted by Crippen LogP contribution is 2.27. The summed E-state index contributed by atoms with van der Waals surface area (Å²) in [5.41, 5.74) is 8.08. The van der Waals surface area contributed by atoms with Crippen LogP contribution in [0.5, 0.6) is 0 Å². The Morgan fingerprint density at radius 2 is 1.96 bits per heavy atom. The van der Waals surface area contributed by atoms with E-state index in [4.69, 9.17) is 5.73 Å². The van der Waals surface area contributed by atoms with Crippen molar-refractivity contribution < 1.29 is 17.9 Å². The molecule has 1 aromatic carbocycles. The van der Waals surface area contributed by atoms with Gasteiger partial charge in [0.15, 0.2) is 0 Å². The number of benzene rings is 1. The third-order valence-corrected chi connectivity index (χ3v) is 6.32. The molecule has 6 nitrogen and oxygen atoms in total. The average molecular weight is 368 g/mol. The van der Waals surface area contributed by atoms with Crippen molar-refractivity contribution in [3.63, 3.8) is 0 Å². The zero-order valence-electron chi connectivity index (χ0n) is 13.7. The number of nitrogens with one attached hydrogen (secondary N) is 1. The fourth-order valence-electron chi connectivity index (χ4n) is 2.19. The molecule has 0 aliphatic carbocycles. The summed E-state index contributed by atoms with van der Waals surface area (Å²) in [4.78, 5) is 11.8. The molecule has 24 heavy (non-hydrogen) atoms. The average Bonchev–Trinajstić information content (AvgIpc) is 2.95. The molecule has 0 amide bonds. The molecule has 0 aliphatic rings. The zero-order valence-corrected chi connectivity index (χ0v) is 15.3. The minimum absolute atomic E-state index is 0.0217. The summed E-state index contributed by atoms with van der Waals surface area (Å²) in [5.74, 6) is -0.658. The van der Waals surface area contributed by atoms with E-state index in [9.17, 15) is 13.2 Å². The normalized spacial score (nSPS) is 12.8. The number of carbonyl (C=O) groups is 1. The molecule has 2 rings (SSSR count). The summed E-state index contributed by atoms with van der Waals surface area (Å²) >= 11 is 1.05. The van der Waals surface area contributed by atoms with Crippen LogP contribution in [-0.4, -0.2) is 21.5 Å². The van der Waals surface area contributed by atoms with Crippen molar-refractivity contribution in [2.45, 2.75) is 31.3 Å². The molecular weight excluding hydrogens is 348 g/mol. The van der Waals surface area contributed by atoms with Crippen LogP contribution in [0.1, 0.15) is 39.3 Å². The van der Waals surface area contributed by atoms with Gasteiger partial charge in [0, 0.05) is 12.6 Å². The number of aryl methyl sites for hydroxylation is 1. The van der Waals surface area contributed by atoms with Crippen molar-refractivity contribution >= 4 is 27.3 Å². The van der Waals surface area contributed by atoms with Crippen molar-refractivity contribution in [3.8, 4) is 0 Å². The van der Waals surface area contributed by atoms with Crippen molar-refractivity contribution in [3.05, 3.63) is 51.2 Å². The molecular formula is C16H20N2O4S2. The summed E-state index contributed by atoms with van der Waals surface area (Å²) < 4.78 is 32.3. The molecule has 1 atom stereocenters. The molecule has 0 bridgehead atoms. The molecule has 0 spiro atoms. The number of methoxy groups -OCH3 is 1. The Morgan fingerprint density at radius 3 is 2.50 bits per heavy atom. The predicted molar refractivity (Wildman–Crippen MR) is 93.5 cm³/mol. The van der Waals surface area contributed by atoms with Gasteiger partial charge in [-0.1, -0.05) is 24.3 Å². The van der Waals surface area contributed by atoms with E-state index in [0.717, 1.165) is 22.5 Å². The Labute approximate surface area is 145 Å². The Morgan fingerprint density at radius 1 is 1.33 bits per heavy atom. The molecule has 130 valence electrons. The van der Waals surface area contributed by atoms with Crippen molar-refractivity contribution in [1.29, 1.82) is 0 Å². The van der Waals surface area contributed by atoms with Crippen LogP contribution in [0.15, 0.2) is 34.5 Å². The number of hydrogen-bond donors (Lipinski definition) is 2. The summed E-state index contributed by atoms with van der Waals surface area (Å²) in [6, 6.07) is 7.30. The van der Waals surface area contributed by atoms with Gasteiger partial charge in [0.05, 0.1) is 7.11 Å². The molecule has 1 unspecified atom stereocenters. The van der Waals surface area contributed by atoms with Crippen molar-refractivity contribution in [1.82, 2.24) is 4.72 Å². The van der Waals surface area contributed by atoms with E-state index in [1.54, 1.807) is 12.3 Å². The molecule has 3 N–H and O–H groups in total. The lowest BCUT2D eigenvalue weighted by Gasteiger charge is -2.10. The Bertz CT molecular complexity index is 824. The lowest BCUT2D eigenvalue weighted by Crippen LogP contribution is -2.25. The summed E-state index contributed by atoms with van der Waals surface area (Å²) in [6.45, 7) is 3.65. The minimum Gasteiger partial charge on any atom is -0.465 e. The smallest absolute Gasteiger partial charge is 0.349 e. The number of nitrogens with two attached hydrogens (primary N) is 1. The second-order valence-electron chi connectivity index (χ2n) is 5.42. The maximum Gasteiger partial charge on any atom is 0.349 e. The van der Waals surface area contributed by atoms with Gasteiger partial charge in [-0.2, -0.15) is 0 Å². The van der Waals surface area contributed by atoms with Crippen LogP contribution in [0.3, 0.4) is 0 Å². The van der Waals surface area contributed by atoms with Crippen LogP contribution in [0.25, 0.3) is 0 Å². The Hall–Kier alpha value is -1.74. The van der Waals surface area contributed by atoms with Gasteiger partial charge in [0.1, 0.15) is 9.77 Å². The first kappa shape index (κ1) is 18.6. The summed E-state index contributed by atoms with van der Waals surface area (Å²) in [5, 5.41) is 1.62. The van der Waals surface area contributed by atoms with Gasteiger partial charge in [-0.05, 0) is 35.9 Å². The fourth-order valence-corrected chi connectivity index (χ4v) is 4.91. The van der Waals surface area contributed by atoms with Crippen LogP contribution >= 0.6 is 11.3 Å². The van der Waals surface area contributed by atoms with E-state index in [1.165, 1.54) is 7.11 Å². The number of hydrogen-bond acceptors (Lipinski definition) is 6. The molecule has 0 fully saturated rings. The highest BCUT2D eigenvalue weighted by molar-refractivity contribution is 7.89. The van der Waals surface area contributed by atoms with Gasteiger partial charge in [-0.25, -0.2) is 17.9 Å². The number of thiophene rings is 1. The Kier molecular flexibility index (Phi) is 5.76. The maximum atomic E-state index is 12.6. The lowest BCUT2D eigenvalue weighted by atomic mass is 10.1. The first-order valence-electron chi connectivity index (χ1n) is 7.26. The third-order valence-electron chi connectivity index (χ3n) is 3.53. The number of sulfonamides is 1. The molecule has 1 aromatic heterocycles. The first-order chi connectivity index (χ1) is 11.3. The predicted octanol–water partition coefficient (Wildman–Crippen LogP) is 2.34. The summed E-state index contributed by atoms with van der Waals surface area (Å²) in [7, 11) is -2.60. The standard InChI is InChI=1S/C16H20N2O4S2/c1-10-9-23-14(16(19)22-3)15(10)24(20,21)18-8-12-4-6-13(7-5-12)11(2)17/h4-7,9,11,18H,8,17H2,1-3H3. The van der Waals surface area contributed by atoms with E-state index in [-0.39, 0.29) is 22.4 Å². The van der Waals surface area contributed by atoms with Crippen molar-refractivity contribution in [2.24, 2.45) is 5.73 Å². The van der Waals surface area contributed by atoms with E-state index in [2.05, 4.69) is 9.46 Å². The molecule has 0 radical (unpaired) electrons. The minimum atomic E-state index is -3.82. The van der Waals surface area contributed by atoms with Crippen LogP contribution in [0.2, 0.25) is 0 Å². The second kappa shape index (κ2) is 7.43. The number of carbonyl (C=O) groups excluding carboxylic acids is 1. The molecule has 0 saturated heterocycles. The number of esters is 1. The first-order valence-corrected chi connectivity index (χ1v) is 9.63. The third kappa shape index (κ3) is 4.02. The zero-order chi connectivity index (χ0) is 17.9. The molecule has 0 aliphatic heterocycles. The van der Waals surface area contributed by atoms with Crippen LogP contribution < -0.4 is 10.5 Å². The molecule has 0 saturated carbocycles. The molecule has 2 aromatic rings. The van der Waals surface area contributed by atoms with Gasteiger partial charge in [0.2, 0.25) is 10.0 Å². The molecule has 8 heteroatoms. The largest absolute Gasteiger partial charge is 0.465 e. The SMILES string of the molecule is COC(=O)c1scc(C)c1S(=O)(=O)NCc1ccc(C(C)N)cc1. The number of rotatable bonds is 6. The van der Waals surface area contributed by atoms with E-state index in [0.29, 0.717) is 5.56 Å². The van der Waals surface area contributed by atoms with Gasteiger partial charge < -0.3 is 10.5 Å². The quantitative estimate of drug-likeness (QED) is 0.763. The van der Waals surface area contributed by atoms with E-state index in [1.807, 2.05) is 31.2 Å². The van der Waals surface area contributed by atoms with Crippen molar-refractivity contribution in [2.75, 3.05) is 7.11 Å². The Balaban J connectivity index is 2.20. The van der Waals surface area contributed by atoms with E-state index < -0.39 is 16.0 Å². The second-order valence-corrected chi connectivity index (χ2v) is 8.01.